The van der Waals surface area contributed by atoms with Crippen LogP contribution in [0.3, 0.4) is 0 Å². The number of carbonyl (C=O) groups excluding carboxylic acids is 1. The molecule has 1 N–H and O–H groups in total. The highest BCUT2D eigenvalue weighted by molar-refractivity contribution is 5.86. The number of carbonyl (C=O) groups is 1. The van der Waals surface area contributed by atoms with E-state index >= 15 is 0 Å². The van der Waals surface area contributed by atoms with Gasteiger partial charge in [0, 0.05) is 5.69 Å². The van der Waals surface area contributed by atoms with Crippen LogP contribution >= 0.6 is 0 Å². The summed E-state index contributed by atoms with van der Waals surface area (Å²) in [5.41, 5.74) is 4.29. The Balaban J connectivity index is 2.07. The predicted octanol–water partition coefficient (Wildman–Crippen LogP) is 4.22. The third-order valence-electron chi connectivity index (χ3n) is 3.13. The zero-order valence-corrected chi connectivity index (χ0v) is 11.4. The van der Waals surface area contributed by atoms with E-state index < -0.39 is 6.09 Å². The van der Waals surface area contributed by atoms with Crippen molar-refractivity contribution >= 4 is 11.8 Å². The lowest BCUT2D eigenvalue weighted by Gasteiger charge is -2.10. The molecule has 19 heavy (non-hydrogen) atoms. The number of ether oxygens (including phenoxy) is 1. The molecule has 0 radical (unpaired) electrons. The number of nitrogens with one attached hydrogen (secondary N) is 1. The number of rotatable bonds is 2. The molecule has 2 aromatic rings. The maximum absolute atomic E-state index is 11.8. The zero-order valence-electron chi connectivity index (χ0n) is 11.4. The summed E-state index contributed by atoms with van der Waals surface area (Å²) in [5.74, 6) is 0.528. The lowest BCUT2D eigenvalue weighted by atomic mass is 10.0. The molecular weight excluding hydrogens is 238 g/mol. The minimum Gasteiger partial charge on any atom is -0.410 e. The highest BCUT2D eigenvalue weighted by Crippen LogP contribution is 2.19. The molecule has 1 amide bonds. The fourth-order valence-electron chi connectivity index (χ4n) is 1.85. The minimum absolute atomic E-state index is 0.478. The molecule has 98 valence electrons. The summed E-state index contributed by atoms with van der Waals surface area (Å²) >= 11 is 0. The topological polar surface area (TPSA) is 38.3 Å². The van der Waals surface area contributed by atoms with Gasteiger partial charge in [0.25, 0.3) is 0 Å². The summed E-state index contributed by atoms with van der Waals surface area (Å²) in [4.78, 5) is 11.8. The average Bonchev–Trinajstić information content (AvgIpc) is 2.37. The first-order chi connectivity index (χ1) is 9.06. The Morgan fingerprint density at radius 1 is 1.00 bits per heavy atom. The van der Waals surface area contributed by atoms with Crippen molar-refractivity contribution in [2.45, 2.75) is 20.8 Å². The molecule has 0 bridgehead atoms. The monoisotopic (exact) mass is 255 g/mol. The molecule has 2 aromatic carbocycles. The van der Waals surface area contributed by atoms with Crippen molar-refractivity contribution < 1.29 is 9.53 Å². The Kier molecular flexibility index (Phi) is 3.85. The summed E-state index contributed by atoms with van der Waals surface area (Å²) < 4.78 is 5.18. The van der Waals surface area contributed by atoms with Gasteiger partial charge in [0.2, 0.25) is 0 Å². The molecule has 3 heteroatoms. The first kappa shape index (κ1) is 13.1. The van der Waals surface area contributed by atoms with Gasteiger partial charge in [-0.15, -0.1) is 0 Å². The number of anilines is 1. The van der Waals surface area contributed by atoms with Gasteiger partial charge in [-0.25, -0.2) is 4.79 Å². The summed E-state index contributed by atoms with van der Waals surface area (Å²) in [5, 5.41) is 2.74. The molecule has 0 heterocycles. The van der Waals surface area contributed by atoms with Gasteiger partial charge in [0.1, 0.15) is 5.75 Å². The van der Waals surface area contributed by atoms with Crippen molar-refractivity contribution in [2.75, 3.05) is 5.32 Å². The first-order valence-corrected chi connectivity index (χ1v) is 6.18. The molecule has 0 aliphatic rings. The maximum Gasteiger partial charge on any atom is 0.417 e. The Morgan fingerprint density at radius 3 is 2.16 bits per heavy atom. The van der Waals surface area contributed by atoms with Crippen molar-refractivity contribution in [3.63, 3.8) is 0 Å². The Labute approximate surface area is 113 Å². The van der Waals surface area contributed by atoms with Gasteiger partial charge in [0.15, 0.2) is 0 Å². The van der Waals surface area contributed by atoms with Crippen LogP contribution in [0.4, 0.5) is 10.5 Å². The van der Waals surface area contributed by atoms with E-state index in [1.807, 2.05) is 44.2 Å². The largest absolute Gasteiger partial charge is 0.417 e. The van der Waals surface area contributed by atoms with Crippen LogP contribution in [-0.2, 0) is 0 Å². The smallest absolute Gasteiger partial charge is 0.410 e. The number of hydrogen-bond acceptors (Lipinski definition) is 2. The maximum atomic E-state index is 11.8. The lowest BCUT2D eigenvalue weighted by molar-refractivity contribution is 0.215. The summed E-state index contributed by atoms with van der Waals surface area (Å²) in [6, 6.07) is 12.9. The van der Waals surface area contributed by atoms with Gasteiger partial charge >= 0.3 is 6.09 Å². The van der Waals surface area contributed by atoms with E-state index in [1.54, 1.807) is 12.1 Å². The van der Waals surface area contributed by atoms with Crippen LogP contribution in [-0.4, -0.2) is 6.09 Å². The van der Waals surface area contributed by atoms with Crippen molar-refractivity contribution in [1.82, 2.24) is 0 Å². The van der Waals surface area contributed by atoms with E-state index in [1.165, 1.54) is 5.56 Å². The van der Waals surface area contributed by atoms with Crippen LogP contribution in [0.1, 0.15) is 16.7 Å². The highest BCUT2D eigenvalue weighted by atomic mass is 16.6. The zero-order chi connectivity index (χ0) is 13.8. The molecule has 3 nitrogen and oxygen atoms in total. The number of amides is 1. The quantitative estimate of drug-likeness (QED) is 0.872. The van der Waals surface area contributed by atoms with E-state index in [2.05, 4.69) is 12.2 Å². The third-order valence-corrected chi connectivity index (χ3v) is 3.13. The fourth-order valence-corrected chi connectivity index (χ4v) is 1.85. The Morgan fingerprint density at radius 2 is 1.58 bits per heavy atom. The normalized spacial score (nSPS) is 10.1. The molecule has 2 rings (SSSR count). The summed E-state index contributed by atoms with van der Waals surface area (Å²) in [6.45, 7) is 6.11. The van der Waals surface area contributed by atoms with E-state index in [4.69, 9.17) is 4.74 Å². The third kappa shape index (κ3) is 3.35. The highest BCUT2D eigenvalue weighted by Gasteiger charge is 2.07. The summed E-state index contributed by atoms with van der Waals surface area (Å²) in [7, 11) is 0. The van der Waals surface area contributed by atoms with E-state index in [-0.39, 0.29) is 0 Å². The Bertz CT molecular complexity index is 568. The predicted molar refractivity (Wildman–Crippen MR) is 76.7 cm³/mol. The molecule has 0 fully saturated rings. The van der Waals surface area contributed by atoms with Gasteiger partial charge in [-0.2, -0.15) is 0 Å². The van der Waals surface area contributed by atoms with Crippen LogP contribution < -0.4 is 10.1 Å². The molecule has 0 unspecified atom stereocenters. The van der Waals surface area contributed by atoms with Gasteiger partial charge < -0.3 is 4.74 Å². The van der Waals surface area contributed by atoms with Gasteiger partial charge in [-0.05, 0) is 61.7 Å². The standard InChI is InChI=1S/C16H17NO2/c1-11-9-14(10-12(2)13(11)3)17-16(18)19-15-7-5-4-6-8-15/h4-10H,1-3H3,(H,17,18). The van der Waals surface area contributed by atoms with Crippen LogP contribution in [0.2, 0.25) is 0 Å². The second-order valence-corrected chi connectivity index (χ2v) is 4.56. The van der Waals surface area contributed by atoms with Crippen LogP contribution in [0.25, 0.3) is 0 Å². The van der Waals surface area contributed by atoms with Crippen molar-refractivity contribution in [3.8, 4) is 5.75 Å². The SMILES string of the molecule is Cc1cc(NC(=O)Oc2ccccc2)cc(C)c1C. The number of para-hydroxylation sites is 1. The van der Waals surface area contributed by atoms with Crippen molar-refractivity contribution in [3.05, 3.63) is 59.2 Å². The number of hydrogen-bond donors (Lipinski definition) is 1. The van der Waals surface area contributed by atoms with Gasteiger partial charge in [-0.1, -0.05) is 18.2 Å². The lowest BCUT2D eigenvalue weighted by Crippen LogP contribution is -2.16. The molecule has 0 saturated heterocycles. The molecular formula is C16H17NO2. The van der Waals surface area contributed by atoms with Crippen molar-refractivity contribution in [2.24, 2.45) is 0 Å². The van der Waals surface area contributed by atoms with Crippen LogP contribution in [0.5, 0.6) is 5.75 Å². The van der Waals surface area contributed by atoms with Crippen molar-refractivity contribution in [1.29, 1.82) is 0 Å². The molecule has 0 aromatic heterocycles. The summed E-state index contributed by atoms with van der Waals surface area (Å²) in [6.07, 6.45) is -0.478. The molecule has 0 aliphatic heterocycles. The molecule has 0 atom stereocenters. The molecule has 0 aliphatic carbocycles. The van der Waals surface area contributed by atoms with E-state index in [9.17, 15) is 4.79 Å². The second-order valence-electron chi connectivity index (χ2n) is 4.56. The van der Waals surface area contributed by atoms with E-state index in [0.717, 1.165) is 16.8 Å². The Hall–Kier alpha value is -2.29. The molecule has 0 spiro atoms. The first-order valence-electron chi connectivity index (χ1n) is 6.18. The molecule has 0 saturated carbocycles. The van der Waals surface area contributed by atoms with Gasteiger partial charge in [-0.3, -0.25) is 5.32 Å². The fraction of sp³-hybridized carbons (Fsp3) is 0.188. The van der Waals surface area contributed by atoms with Crippen LogP contribution in [0, 0.1) is 20.8 Å². The average molecular weight is 255 g/mol. The number of aryl methyl sites for hydroxylation is 2. The van der Waals surface area contributed by atoms with E-state index in [0.29, 0.717) is 5.75 Å². The van der Waals surface area contributed by atoms with Gasteiger partial charge in [0.05, 0.1) is 0 Å². The minimum atomic E-state index is -0.478. The number of benzene rings is 2. The second kappa shape index (κ2) is 5.57. The van der Waals surface area contributed by atoms with Crippen LogP contribution in [0.15, 0.2) is 42.5 Å².